The molecule has 3 fully saturated rings. The molecule has 1 heterocycles. The Hall–Kier alpha value is -1.34. The first kappa shape index (κ1) is 20.4. The molecular formula is C20H35N3O4. The molecule has 0 spiro atoms. The number of urea groups is 1. The monoisotopic (exact) mass is 381 g/mol. The van der Waals surface area contributed by atoms with Gasteiger partial charge in [0.25, 0.3) is 0 Å². The molecule has 2 saturated carbocycles. The van der Waals surface area contributed by atoms with Gasteiger partial charge in [-0.25, -0.2) is 4.79 Å². The quantitative estimate of drug-likeness (QED) is 0.673. The van der Waals surface area contributed by atoms with Gasteiger partial charge in [-0.3, -0.25) is 9.69 Å². The number of aliphatic carboxylic acids is 1. The molecule has 0 aromatic heterocycles. The molecule has 1 saturated heterocycles. The molecular weight excluding hydrogens is 346 g/mol. The number of likely N-dealkylation sites (N-methyl/N-ethyl adjacent to an activating group) is 1. The zero-order chi connectivity index (χ0) is 19.8. The van der Waals surface area contributed by atoms with Crippen LogP contribution in [0.4, 0.5) is 4.79 Å². The Balaban J connectivity index is 1.55. The number of carboxylic acids is 1. The summed E-state index contributed by atoms with van der Waals surface area (Å²) in [6.45, 7) is 10.9. The van der Waals surface area contributed by atoms with Crippen molar-refractivity contribution in [3.8, 4) is 0 Å². The minimum atomic E-state index is -0.793. The van der Waals surface area contributed by atoms with E-state index in [4.69, 9.17) is 9.84 Å². The van der Waals surface area contributed by atoms with Gasteiger partial charge >= 0.3 is 12.0 Å². The minimum absolute atomic E-state index is 0.00365. The van der Waals surface area contributed by atoms with Gasteiger partial charge in [0.1, 0.15) is 0 Å². The fraction of sp³-hybridized carbons (Fsp3) is 0.900. The highest BCUT2D eigenvalue weighted by atomic mass is 16.5. The summed E-state index contributed by atoms with van der Waals surface area (Å²) in [5.74, 6) is -0.336. The summed E-state index contributed by atoms with van der Waals surface area (Å²) in [6.07, 6.45) is 3.91. The van der Waals surface area contributed by atoms with E-state index in [1.165, 1.54) is 0 Å². The van der Waals surface area contributed by atoms with Crippen LogP contribution < -0.4 is 5.32 Å². The van der Waals surface area contributed by atoms with Crippen LogP contribution in [0.2, 0.25) is 0 Å². The van der Waals surface area contributed by atoms with Gasteiger partial charge in [0, 0.05) is 42.6 Å². The minimum Gasteiger partial charge on any atom is -0.480 e. The van der Waals surface area contributed by atoms with Crippen LogP contribution in [0.5, 0.6) is 0 Å². The maximum absolute atomic E-state index is 13.0. The lowest BCUT2D eigenvalue weighted by molar-refractivity contribution is -0.143. The Morgan fingerprint density at radius 2 is 1.96 bits per heavy atom. The predicted octanol–water partition coefficient (Wildman–Crippen LogP) is 2.16. The number of carbonyl (C=O) groups excluding carboxylic acids is 1. The van der Waals surface area contributed by atoms with Gasteiger partial charge < -0.3 is 20.1 Å². The van der Waals surface area contributed by atoms with E-state index in [0.717, 1.165) is 45.4 Å². The van der Waals surface area contributed by atoms with Crippen LogP contribution in [0, 0.1) is 11.3 Å². The number of carboxylic acid groups (broad SMARTS) is 1. The van der Waals surface area contributed by atoms with Crippen LogP contribution >= 0.6 is 0 Å². The first-order valence-electron chi connectivity index (χ1n) is 10.4. The third-order valence-electron chi connectivity index (χ3n) is 6.80. The topological polar surface area (TPSA) is 82.1 Å². The molecule has 3 aliphatic rings. The third-order valence-corrected chi connectivity index (χ3v) is 6.80. The highest BCUT2D eigenvalue weighted by molar-refractivity contribution is 5.75. The number of fused-ring (bicyclic) bond motifs is 1. The van der Waals surface area contributed by atoms with E-state index in [1.807, 2.05) is 16.7 Å². The maximum atomic E-state index is 13.0. The Bertz CT molecular complexity index is 561. The number of rotatable bonds is 8. The molecule has 0 aromatic carbocycles. The number of hydrogen-bond donors (Lipinski definition) is 2. The highest BCUT2D eigenvalue weighted by Gasteiger charge is 2.62. The summed E-state index contributed by atoms with van der Waals surface area (Å²) in [5, 5.41) is 12.2. The van der Waals surface area contributed by atoms with Crippen molar-refractivity contribution in [3.63, 3.8) is 0 Å². The van der Waals surface area contributed by atoms with Crippen molar-refractivity contribution in [2.75, 3.05) is 26.2 Å². The Morgan fingerprint density at radius 1 is 1.26 bits per heavy atom. The number of nitrogens with zero attached hydrogens (tertiary/aromatic N) is 2. The van der Waals surface area contributed by atoms with Gasteiger partial charge in [0.2, 0.25) is 0 Å². The zero-order valence-corrected chi connectivity index (χ0v) is 17.1. The summed E-state index contributed by atoms with van der Waals surface area (Å²) < 4.78 is 5.89. The molecule has 154 valence electrons. The van der Waals surface area contributed by atoms with Gasteiger partial charge in [0.05, 0.1) is 12.6 Å². The molecule has 3 atom stereocenters. The second-order valence-corrected chi connectivity index (χ2v) is 8.93. The zero-order valence-electron chi connectivity index (χ0n) is 17.1. The average molecular weight is 382 g/mol. The Labute approximate surface area is 162 Å². The molecule has 2 N–H and O–H groups in total. The standard InChI is InChI=1S/C20H35N3O4/c1-5-8-23(17-15-7-9-27-18(15)20(17,3)4)19(26)21-13-10-14(11-13)22(6-2)12-16(24)25/h13-15,17-18H,5-12H2,1-4H3,(H,21,26)(H,24,25). The summed E-state index contributed by atoms with van der Waals surface area (Å²) >= 11 is 0. The first-order valence-corrected chi connectivity index (χ1v) is 10.4. The Kier molecular flexibility index (Phi) is 6.01. The predicted molar refractivity (Wildman–Crippen MR) is 103 cm³/mol. The molecule has 7 heteroatoms. The van der Waals surface area contributed by atoms with Crippen LogP contribution in [0.1, 0.15) is 53.4 Å². The summed E-state index contributed by atoms with van der Waals surface area (Å²) in [7, 11) is 0. The summed E-state index contributed by atoms with van der Waals surface area (Å²) in [4.78, 5) is 28.0. The summed E-state index contributed by atoms with van der Waals surface area (Å²) in [5.41, 5.74) is -0.00365. The molecule has 27 heavy (non-hydrogen) atoms. The van der Waals surface area contributed by atoms with Crippen molar-refractivity contribution in [3.05, 3.63) is 0 Å². The second-order valence-electron chi connectivity index (χ2n) is 8.93. The molecule has 1 aliphatic heterocycles. The van der Waals surface area contributed by atoms with Crippen molar-refractivity contribution in [2.45, 2.75) is 77.6 Å². The van der Waals surface area contributed by atoms with Crippen molar-refractivity contribution in [2.24, 2.45) is 11.3 Å². The van der Waals surface area contributed by atoms with E-state index >= 15 is 0 Å². The van der Waals surface area contributed by atoms with Crippen LogP contribution in [0.25, 0.3) is 0 Å². The van der Waals surface area contributed by atoms with Crippen molar-refractivity contribution < 1.29 is 19.4 Å². The summed E-state index contributed by atoms with van der Waals surface area (Å²) in [6, 6.07) is 0.664. The maximum Gasteiger partial charge on any atom is 0.317 e. The van der Waals surface area contributed by atoms with Crippen LogP contribution in [-0.2, 0) is 9.53 Å². The van der Waals surface area contributed by atoms with Crippen LogP contribution in [0.3, 0.4) is 0 Å². The normalized spacial score (nSPS) is 33.7. The average Bonchev–Trinajstić information content (AvgIpc) is 3.01. The van der Waals surface area contributed by atoms with Gasteiger partial charge in [-0.1, -0.05) is 27.7 Å². The third kappa shape index (κ3) is 3.81. The van der Waals surface area contributed by atoms with Crippen molar-refractivity contribution in [1.29, 1.82) is 0 Å². The first-order chi connectivity index (χ1) is 12.8. The molecule has 0 bridgehead atoms. The smallest absolute Gasteiger partial charge is 0.317 e. The lowest BCUT2D eigenvalue weighted by atomic mass is 9.56. The molecule has 2 amide bonds. The van der Waals surface area contributed by atoms with Crippen LogP contribution in [0.15, 0.2) is 0 Å². The van der Waals surface area contributed by atoms with Gasteiger partial charge in [-0.05, 0) is 32.2 Å². The molecule has 2 aliphatic carbocycles. The van der Waals surface area contributed by atoms with E-state index < -0.39 is 5.97 Å². The SMILES string of the molecule is CCCN(C(=O)NC1CC(N(CC)CC(=O)O)C1)C1C2CCOC2C1(C)C. The van der Waals surface area contributed by atoms with E-state index in [-0.39, 0.29) is 42.2 Å². The van der Waals surface area contributed by atoms with Gasteiger partial charge in [-0.15, -0.1) is 0 Å². The van der Waals surface area contributed by atoms with Gasteiger partial charge in [-0.2, -0.15) is 0 Å². The molecule has 3 unspecified atom stereocenters. The second kappa shape index (κ2) is 7.95. The van der Waals surface area contributed by atoms with E-state index in [0.29, 0.717) is 5.92 Å². The number of ether oxygens (including phenoxy) is 1. The van der Waals surface area contributed by atoms with Gasteiger partial charge in [0.15, 0.2) is 0 Å². The van der Waals surface area contributed by atoms with E-state index in [2.05, 4.69) is 26.1 Å². The molecule has 0 aromatic rings. The lowest BCUT2D eigenvalue weighted by Crippen LogP contribution is -2.69. The molecule has 0 radical (unpaired) electrons. The largest absolute Gasteiger partial charge is 0.480 e. The van der Waals surface area contributed by atoms with Crippen LogP contribution in [-0.4, -0.2) is 77.4 Å². The number of nitrogens with one attached hydrogen (secondary N) is 1. The lowest BCUT2D eigenvalue weighted by Gasteiger charge is -2.58. The Morgan fingerprint density at radius 3 is 2.56 bits per heavy atom. The van der Waals surface area contributed by atoms with Crippen molar-refractivity contribution in [1.82, 2.24) is 15.1 Å². The van der Waals surface area contributed by atoms with E-state index in [9.17, 15) is 9.59 Å². The fourth-order valence-corrected chi connectivity index (χ4v) is 5.47. The molecule has 3 rings (SSSR count). The number of amides is 2. The highest BCUT2D eigenvalue weighted by Crippen LogP contribution is 2.54. The molecule has 7 nitrogen and oxygen atoms in total. The van der Waals surface area contributed by atoms with E-state index in [1.54, 1.807) is 0 Å². The van der Waals surface area contributed by atoms with Crippen molar-refractivity contribution >= 4 is 12.0 Å². The number of hydrogen-bond acceptors (Lipinski definition) is 4. The number of carbonyl (C=O) groups is 2. The fourth-order valence-electron chi connectivity index (χ4n) is 5.47.